The minimum Gasteiger partial charge on any atom is -0.158 e. The highest BCUT2D eigenvalue weighted by Gasteiger charge is 2.23. The van der Waals surface area contributed by atoms with Gasteiger partial charge in [-0.15, -0.1) is 5.10 Å². The van der Waals surface area contributed by atoms with Crippen LogP contribution in [0.25, 0.3) is 21.9 Å². The SMILES string of the molecule is C(=N\N=C1c2ccccc2-c2ccccc21)/c1cccc2ccccc12. The highest BCUT2D eigenvalue weighted by atomic mass is 15.2. The molecule has 0 unspecified atom stereocenters. The van der Waals surface area contributed by atoms with Gasteiger partial charge in [0.2, 0.25) is 0 Å². The second-order valence-corrected chi connectivity index (χ2v) is 6.35. The summed E-state index contributed by atoms with van der Waals surface area (Å²) >= 11 is 0. The van der Waals surface area contributed by atoms with Crippen LogP contribution in [0.5, 0.6) is 0 Å². The number of rotatable bonds is 2. The van der Waals surface area contributed by atoms with E-state index in [0.29, 0.717) is 0 Å². The van der Waals surface area contributed by atoms with E-state index in [4.69, 9.17) is 0 Å². The van der Waals surface area contributed by atoms with Crippen LogP contribution < -0.4 is 0 Å². The molecule has 26 heavy (non-hydrogen) atoms. The minimum absolute atomic E-state index is 0.938. The molecule has 0 aromatic heterocycles. The van der Waals surface area contributed by atoms with Crippen molar-refractivity contribution in [2.45, 2.75) is 0 Å². The van der Waals surface area contributed by atoms with Crippen molar-refractivity contribution in [2.75, 3.05) is 0 Å². The molecule has 4 aromatic rings. The van der Waals surface area contributed by atoms with Gasteiger partial charge >= 0.3 is 0 Å². The third-order valence-corrected chi connectivity index (χ3v) is 4.83. The zero-order valence-electron chi connectivity index (χ0n) is 14.1. The Hall–Kier alpha value is -3.52. The van der Waals surface area contributed by atoms with E-state index in [9.17, 15) is 0 Å². The van der Waals surface area contributed by atoms with E-state index in [-0.39, 0.29) is 0 Å². The Balaban J connectivity index is 1.60. The van der Waals surface area contributed by atoms with Gasteiger partial charge in [-0.2, -0.15) is 5.10 Å². The lowest BCUT2D eigenvalue weighted by Gasteiger charge is -2.01. The van der Waals surface area contributed by atoms with Crippen molar-refractivity contribution in [3.05, 3.63) is 108 Å². The molecule has 0 bridgehead atoms. The third kappa shape index (κ3) is 2.35. The molecule has 0 atom stereocenters. The van der Waals surface area contributed by atoms with Crippen LogP contribution >= 0.6 is 0 Å². The smallest absolute Gasteiger partial charge is 0.101 e. The van der Waals surface area contributed by atoms with Gasteiger partial charge < -0.3 is 0 Å². The number of fused-ring (bicyclic) bond motifs is 4. The van der Waals surface area contributed by atoms with E-state index in [2.05, 4.69) is 101 Å². The van der Waals surface area contributed by atoms with Crippen molar-refractivity contribution in [3.63, 3.8) is 0 Å². The zero-order chi connectivity index (χ0) is 17.3. The van der Waals surface area contributed by atoms with E-state index in [1.165, 1.54) is 21.9 Å². The first kappa shape index (κ1) is 14.8. The lowest BCUT2D eigenvalue weighted by atomic mass is 10.1. The van der Waals surface area contributed by atoms with Gasteiger partial charge in [-0.05, 0) is 21.9 Å². The molecule has 0 radical (unpaired) electrons. The van der Waals surface area contributed by atoms with E-state index < -0.39 is 0 Å². The first-order chi connectivity index (χ1) is 12.9. The molecule has 1 aliphatic rings. The number of hydrogen-bond donors (Lipinski definition) is 0. The fourth-order valence-electron chi connectivity index (χ4n) is 3.61. The van der Waals surface area contributed by atoms with Crippen LogP contribution in [0.4, 0.5) is 0 Å². The normalized spacial score (nSPS) is 12.4. The van der Waals surface area contributed by atoms with Crippen LogP contribution in [-0.4, -0.2) is 11.9 Å². The summed E-state index contributed by atoms with van der Waals surface area (Å²) < 4.78 is 0. The lowest BCUT2D eigenvalue weighted by Crippen LogP contribution is -1.97. The summed E-state index contributed by atoms with van der Waals surface area (Å²) in [7, 11) is 0. The van der Waals surface area contributed by atoms with Crippen LogP contribution in [0.1, 0.15) is 16.7 Å². The average molecular weight is 332 g/mol. The van der Waals surface area contributed by atoms with Crippen molar-refractivity contribution >= 4 is 22.7 Å². The highest BCUT2D eigenvalue weighted by Crippen LogP contribution is 2.36. The molecule has 122 valence electrons. The molecule has 2 heteroatoms. The fraction of sp³-hybridized carbons (Fsp3) is 0. The summed E-state index contributed by atoms with van der Waals surface area (Å²) in [6.07, 6.45) is 1.85. The molecule has 0 spiro atoms. The summed E-state index contributed by atoms with van der Waals surface area (Å²) in [5, 5.41) is 11.4. The van der Waals surface area contributed by atoms with E-state index >= 15 is 0 Å². The second kappa shape index (κ2) is 6.08. The largest absolute Gasteiger partial charge is 0.158 e. The van der Waals surface area contributed by atoms with Gasteiger partial charge in [0.15, 0.2) is 0 Å². The minimum atomic E-state index is 0.938. The molecule has 0 saturated heterocycles. The topological polar surface area (TPSA) is 24.7 Å². The van der Waals surface area contributed by atoms with Crippen LogP contribution in [0.3, 0.4) is 0 Å². The highest BCUT2D eigenvalue weighted by molar-refractivity contribution is 6.24. The Morgan fingerprint density at radius 1 is 0.538 bits per heavy atom. The Morgan fingerprint density at radius 2 is 1.12 bits per heavy atom. The molecule has 0 fully saturated rings. The van der Waals surface area contributed by atoms with Gasteiger partial charge in [0.05, 0.1) is 6.21 Å². The molecule has 0 aliphatic heterocycles. The maximum Gasteiger partial charge on any atom is 0.101 e. The molecule has 5 rings (SSSR count). The first-order valence-corrected chi connectivity index (χ1v) is 8.70. The predicted molar refractivity (Wildman–Crippen MR) is 109 cm³/mol. The van der Waals surface area contributed by atoms with Crippen molar-refractivity contribution in [1.29, 1.82) is 0 Å². The van der Waals surface area contributed by atoms with Gasteiger partial charge in [-0.1, -0.05) is 91.0 Å². The quantitative estimate of drug-likeness (QED) is 0.293. The van der Waals surface area contributed by atoms with Gasteiger partial charge in [0.1, 0.15) is 5.71 Å². The van der Waals surface area contributed by atoms with Gasteiger partial charge in [-0.3, -0.25) is 0 Å². The van der Waals surface area contributed by atoms with E-state index in [1.807, 2.05) is 6.21 Å². The van der Waals surface area contributed by atoms with Crippen LogP contribution in [-0.2, 0) is 0 Å². The van der Waals surface area contributed by atoms with Gasteiger partial charge in [0, 0.05) is 16.7 Å². The molecule has 0 saturated carbocycles. The standard InChI is InChI=1S/C24H16N2/c1-2-11-19-17(8-1)9-7-10-18(19)16-25-26-24-22-14-5-3-12-20(22)21-13-4-6-15-23(21)24/h1-16H/b25-16+. The van der Waals surface area contributed by atoms with Crippen LogP contribution in [0.2, 0.25) is 0 Å². The molecular weight excluding hydrogens is 316 g/mol. The molecule has 2 nitrogen and oxygen atoms in total. The van der Waals surface area contributed by atoms with Crippen molar-refractivity contribution in [2.24, 2.45) is 10.2 Å². The Labute approximate surface area is 152 Å². The van der Waals surface area contributed by atoms with E-state index in [0.717, 1.165) is 22.4 Å². The van der Waals surface area contributed by atoms with E-state index in [1.54, 1.807) is 0 Å². The van der Waals surface area contributed by atoms with Crippen molar-refractivity contribution < 1.29 is 0 Å². The first-order valence-electron chi connectivity index (χ1n) is 8.70. The Morgan fingerprint density at radius 3 is 1.85 bits per heavy atom. The lowest BCUT2D eigenvalue weighted by molar-refractivity contribution is 1.25. The maximum atomic E-state index is 4.59. The molecule has 4 aromatic carbocycles. The van der Waals surface area contributed by atoms with Crippen LogP contribution in [0.15, 0.2) is 101 Å². The predicted octanol–water partition coefficient (Wildman–Crippen LogP) is 5.69. The summed E-state index contributed by atoms with van der Waals surface area (Å²) in [6.45, 7) is 0. The summed E-state index contributed by atoms with van der Waals surface area (Å²) in [6, 6.07) is 31.3. The molecule has 1 aliphatic carbocycles. The summed E-state index contributed by atoms with van der Waals surface area (Å²) in [4.78, 5) is 0. The van der Waals surface area contributed by atoms with Gasteiger partial charge in [0.25, 0.3) is 0 Å². The van der Waals surface area contributed by atoms with Gasteiger partial charge in [-0.25, -0.2) is 0 Å². The Kier molecular flexibility index (Phi) is 3.46. The molecule has 0 amide bonds. The van der Waals surface area contributed by atoms with Crippen molar-refractivity contribution in [1.82, 2.24) is 0 Å². The zero-order valence-corrected chi connectivity index (χ0v) is 14.1. The van der Waals surface area contributed by atoms with Crippen molar-refractivity contribution in [3.8, 4) is 11.1 Å². The summed E-state index contributed by atoms with van der Waals surface area (Å²) in [5.74, 6) is 0. The number of hydrogen-bond acceptors (Lipinski definition) is 2. The third-order valence-electron chi connectivity index (χ3n) is 4.83. The Bertz CT molecular complexity index is 1130. The number of nitrogens with zero attached hydrogens (tertiary/aromatic N) is 2. The van der Waals surface area contributed by atoms with Crippen LogP contribution in [0, 0.1) is 0 Å². The maximum absolute atomic E-state index is 4.59. The molecular formula is C24H16N2. The fourth-order valence-corrected chi connectivity index (χ4v) is 3.61. The summed E-state index contributed by atoms with van der Waals surface area (Å²) in [5.41, 5.74) is 6.75. The second-order valence-electron chi connectivity index (χ2n) is 6.35. The number of benzene rings is 4. The average Bonchev–Trinajstić information content (AvgIpc) is 3.02. The molecule has 0 N–H and O–H groups in total. The monoisotopic (exact) mass is 332 g/mol. The molecule has 0 heterocycles.